The fourth-order valence-corrected chi connectivity index (χ4v) is 3.43. The third-order valence-electron chi connectivity index (χ3n) is 4.78. The van der Waals surface area contributed by atoms with Crippen molar-refractivity contribution in [2.45, 2.75) is 25.0 Å². The highest BCUT2D eigenvalue weighted by atomic mass is 19.3. The Bertz CT molecular complexity index is 821. The highest BCUT2D eigenvalue weighted by molar-refractivity contribution is 5.90. The van der Waals surface area contributed by atoms with Crippen LogP contribution in [0.25, 0.3) is 0 Å². The average Bonchev–Trinajstić information content (AvgIpc) is 3.05. The minimum atomic E-state index is -3.05. The molecule has 1 aromatic heterocycles. The van der Waals surface area contributed by atoms with Crippen LogP contribution in [0.4, 0.5) is 19.3 Å². The van der Waals surface area contributed by atoms with Gasteiger partial charge in [0.25, 0.3) is 5.92 Å². The van der Waals surface area contributed by atoms with E-state index in [0.29, 0.717) is 6.61 Å². The van der Waals surface area contributed by atoms with Gasteiger partial charge in [-0.3, -0.25) is 9.58 Å². The largest absolute Gasteiger partial charge is 0.373 e. The molecule has 1 fully saturated rings. The molecular weight excluding hydrogens is 368 g/mol. The Morgan fingerprint density at radius 1 is 1.36 bits per heavy atom. The Hall–Kier alpha value is -2.52. The minimum absolute atomic E-state index is 0.0602. The van der Waals surface area contributed by atoms with Crippen molar-refractivity contribution in [3.8, 4) is 0 Å². The molecule has 0 saturated carbocycles. The van der Waals surface area contributed by atoms with E-state index in [4.69, 9.17) is 4.74 Å². The number of hydrogen-bond acceptors (Lipinski definition) is 4. The smallest absolute Gasteiger partial charge is 0.319 e. The number of carbonyl (C=O) groups is 1. The highest BCUT2D eigenvalue weighted by Gasteiger charge is 2.33. The zero-order chi connectivity index (χ0) is 20.3. The quantitative estimate of drug-likeness (QED) is 0.820. The summed E-state index contributed by atoms with van der Waals surface area (Å²) in [7, 11) is 3.83. The second-order valence-corrected chi connectivity index (χ2v) is 7.05. The number of carbonyl (C=O) groups excluding carboxylic acids is 1. The van der Waals surface area contributed by atoms with Crippen LogP contribution in [0.3, 0.4) is 0 Å². The summed E-state index contributed by atoms with van der Waals surface area (Å²) in [6.45, 7) is 2.35. The molecule has 2 heterocycles. The van der Waals surface area contributed by atoms with Gasteiger partial charge in [0, 0.05) is 44.4 Å². The summed E-state index contributed by atoms with van der Waals surface area (Å²) < 4.78 is 35.0. The van der Waals surface area contributed by atoms with Gasteiger partial charge in [-0.15, -0.1) is 0 Å². The predicted molar refractivity (Wildman–Crippen MR) is 101 cm³/mol. The van der Waals surface area contributed by atoms with E-state index in [9.17, 15) is 13.6 Å². The number of aromatic nitrogens is 2. The van der Waals surface area contributed by atoms with Crippen molar-refractivity contribution >= 4 is 11.7 Å². The highest BCUT2D eigenvalue weighted by Crippen LogP contribution is 2.32. The zero-order valence-corrected chi connectivity index (χ0v) is 16.2. The van der Waals surface area contributed by atoms with Crippen LogP contribution in [0.15, 0.2) is 36.7 Å². The van der Waals surface area contributed by atoms with E-state index in [1.165, 1.54) is 18.2 Å². The third-order valence-corrected chi connectivity index (χ3v) is 4.78. The maximum absolute atomic E-state index is 13.7. The number of para-hydroxylation sites is 1. The first-order chi connectivity index (χ1) is 13.3. The molecule has 1 aliphatic heterocycles. The summed E-state index contributed by atoms with van der Waals surface area (Å²) >= 11 is 0. The fraction of sp³-hybridized carbons (Fsp3) is 0.474. The second-order valence-electron chi connectivity index (χ2n) is 7.05. The predicted octanol–water partition coefficient (Wildman–Crippen LogP) is 2.73. The van der Waals surface area contributed by atoms with Crippen molar-refractivity contribution in [1.29, 1.82) is 0 Å². The number of nitrogens with one attached hydrogen (secondary N) is 2. The molecule has 0 unspecified atom stereocenters. The van der Waals surface area contributed by atoms with E-state index in [1.807, 2.05) is 20.3 Å². The molecule has 1 aliphatic rings. The summed E-state index contributed by atoms with van der Waals surface area (Å²) in [5, 5.41) is 9.45. The van der Waals surface area contributed by atoms with Gasteiger partial charge in [0.05, 0.1) is 30.6 Å². The van der Waals surface area contributed by atoms with Gasteiger partial charge in [-0.1, -0.05) is 18.2 Å². The number of halogens is 2. The topological polar surface area (TPSA) is 71.4 Å². The number of nitrogens with zero attached hydrogens (tertiary/aromatic N) is 3. The van der Waals surface area contributed by atoms with Gasteiger partial charge in [0.15, 0.2) is 0 Å². The summed E-state index contributed by atoms with van der Waals surface area (Å²) in [5.74, 6) is -3.05. The van der Waals surface area contributed by atoms with Crippen LogP contribution < -0.4 is 10.6 Å². The number of ether oxygens (including phenoxy) is 1. The number of alkyl halides is 2. The molecular formula is C19H25F2N5O2. The van der Waals surface area contributed by atoms with Gasteiger partial charge in [-0.2, -0.15) is 5.10 Å². The number of likely N-dealkylation sites (N-methyl/N-ethyl adjacent to an activating group) is 1. The Labute approximate surface area is 162 Å². The Balaban J connectivity index is 1.65. The average molecular weight is 393 g/mol. The van der Waals surface area contributed by atoms with Crippen molar-refractivity contribution in [2.75, 3.05) is 32.1 Å². The number of amides is 2. The van der Waals surface area contributed by atoms with Gasteiger partial charge in [0.1, 0.15) is 0 Å². The monoisotopic (exact) mass is 393 g/mol. The molecule has 0 aliphatic carbocycles. The standard InChI is InChI=1S/C19H25F2N5O2/c1-19(20,21)14-6-4-5-7-15(14)24-18(27)22-11-16-17(25(2)8-9-28-16)13-10-23-26(3)12-13/h4-7,10,12,16-17H,8-9,11H2,1-3H3,(H2,22,24,27)/t16-,17-/m0/s1. The van der Waals surface area contributed by atoms with Crippen LogP contribution in [0, 0.1) is 0 Å². The van der Waals surface area contributed by atoms with E-state index < -0.39 is 12.0 Å². The van der Waals surface area contributed by atoms with Crippen molar-refractivity contribution in [1.82, 2.24) is 20.0 Å². The van der Waals surface area contributed by atoms with Gasteiger partial charge >= 0.3 is 6.03 Å². The van der Waals surface area contributed by atoms with E-state index in [-0.39, 0.29) is 29.9 Å². The number of rotatable bonds is 5. The molecule has 1 saturated heterocycles. The molecule has 3 rings (SSSR count). The summed E-state index contributed by atoms with van der Waals surface area (Å²) in [4.78, 5) is 14.5. The van der Waals surface area contributed by atoms with Crippen LogP contribution in [-0.4, -0.2) is 53.6 Å². The summed E-state index contributed by atoms with van der Waals surface area (Å²) in [5.41, 5.74) is 0.845. The molecule has 7 nitrogen and oxygen atoms in total. The van der Waals surface area contributed by atoms with Gasteiger partial charge in [0.2, 0.25) is 0 Å². The number of benzene rings is 1. The number of urea groups is 1. The summed E-state index contributed by atoms with van der Waals surface area (Å²) in [6, 6.07) is 5.25. The van der Waals surface area contributed by atoms with Crippen LogP contribution in [-0.2, 0) is 17.7 Å². The maximum Gasteiger partial charge on any atom is 0.319 e. The number of aryl methyl sites for hydroxylation is 1. The minimum Gasteiger partial charge on any atom is -0.373 e. The van der Waals surface area contributed by atoms with Crippen LogP contribution in [0.5, 0.6) is 0 Å². The molecule has 2 amide bonds. The molecule has 2 atom stereocenters. The van der Waals surface area contributed by atoms with Gasteiger partial charge < -0.3 is 15.4 Å². The van der Waals surface area contributed by atoms with Crippen LogP contribution >= 0.6 is 0 Å². The van der Waals surface area contributed by atoms with Crippen LogP contribution in [0.1, 0.15) is 24.1 Å². The van der Waals surface area contributed by atoms with Gasteiger partial charge in [-0.05, 0) is 13.1 Å². The lowest BCUT2D eigenvalue weighted by molar-refractivity contribution is -0.0600. The molecule has 0 bridgehead atoms. The number of hydrogen-bond donors (Lipinski definition) is 2. The lowest BCUT2D eigenvalue weighted by Crippen LogP contribution is -2.48. The molecule has 2 N–H and O–H groups in total. The lowest BCUT2D eigenvalue weighted by atomic mass is 10.0. The van der Waals surface area contributed by atoms with Crippen molar-refractivity contribution in [3.63, 3.8) is 0 Å². The number of morpholine rings is 1. The lowest BCUT2D eigenvalue weighted by Gasteiger charge is -2.38. The molecule has 0 radical (unpaired) electrons. The van der Waals surface area contributed by atoms with Crippen LogP contribution in [0.2, 0.25) is 0 Å². The SMILES string of the molecule is CN1CCO[C@@H](CNC(=O)Nc2ccccc2C(C)(F)F)[C@@H]1c1cnn(C)c1. The van der Waals surface area contributed by atoms with Gasteiger partial charge in [-0.25, -0.2) is 13.6 Å². The van der Waals surface area contributed by atoms with E-state index in [1.54, 1.807) is 16.9 Å². The molecule has 9 heteroatoms. The molecule has 2 aromatic rings. The normalized spacial score (nSPS) is 20.8. The van der Waals surface area contributed by atoms with E-state index in [0.717, 1.165) is 19.0 Å². The fourth-order valence-electron chi connectivity index (χ4n) is 3.43. The Kier molecular flexibility index (Phi) is 5.95. The first-order valence-electron chi connectivity index (χ1n) is 9.08. The van der Waals surface area contributed by atoms with Crippen molar-refractivity contribution in [3.05, 3.63) is 47.8 Å². The van der Waals surface area contributed by atoms with Crippen molar-refractivity contribution < 1.29 is 18.3 Å². The molecule has 1 aromatic carbocycles. The maximum atomic E-state index is 13.7. The first kappa shape index (κ1) is 20.2. The zero-order valence-electron chi connectivity index (χ0n) is 16.2. The van der Waals surface area contributed by atoms with E-state index >= 15 is 0 Å². The summed E-state index contributed by atoms with van der Waals surface area (Å²) in [6.07, 6.45) is 3.42. The Morgan fingerprint density at radius 3 is 2.79 bits per heavy atom. The molecule has 28 heavy (non-hydrogen) atoms. The number of anilines is 1. The molecule has 152 valence electrons. The van der Waals surface area contributed by atoms with Crippen molar-refractivity contribution in [2.24, 2.45) is 7.05 Å². The first-order valence-corrected chi connectivity index (χ1v) is 9.08. The molecule has 0 spiro atoms. The second kappa shape index (κ2) is 8.24. The van der Waals surface area contributed by atoms with E-state index in [2.05, 4.69) is 20.6 Å². The Morgan fingerprint density at radius 2 is 2.11 bits per heavy atom. The third kappa shape index (κ3) is 4.66.